The Kier molecular flexibility index (Phi) is 26.7. The molecular formula is C44H49Li2N9O3. The Morgan fingerprint density at radius 1 is 0.552 bits per heavy atom. The number of aromatic nitrogens is 4. The summed E-state index contributed by atoms with van der Waals surface area (Å²) < 4.78 is 5.09. The summed E-state index contributed by atoms with van der Waals surface area (Å²) in [4.78, 5) is 15.6. The quantitative estimate of drug-likeness (QED) is 0.107. The molecule has 0 radical (unpaired) electrons. The van der Waals surface area contributed by atoms with Crippen LogP contribution in [0.5, 0.6) is 0 Å². The van der Waals surface area contributed by atoms with Gasteiger partial charge in [-0.2, -0.15) is 0 Å². The fourth-order valence-corrected chi connectivity index (χ4v) is 4.57. The Morgan fingerprint density at radius 3 is 1.22 bits per heavy atom. The molecular weight excluding hydrogens is 716 g/mol. The molecule has 3 aromatic carbocycles. The van der Waals surface area contributed by atoms with Gasteiger partial charge in [-0.1, -0.05) is 139 Å². The van der Waals surface area contributed by atoms with Crippen molar-refractivity contribution in [2.45, 2.75) is 18.3 Å². The van der Waals surface area contributed by atoms with Crippen molar-refractivity contribution in [2.24, 2.45) is 0 Å². The number of pyridine rings is 4. The van der Waals surface area contributed by atoms with Gasteiger partial charge >= 0.3 is 37.7 Å². The number of aliphatic hydroxyl groups is 2. The standard InChI is InChI=1S/2C13H14N2O.C8H8O.C5H6N2.C5H5N2.2Li.H2N/c2*16-12(11-6-2-1-3-7-11)10-15-13-8-4-5-9-14-13;1-2-4-7(5-3-1)8-6-9-8;2*6-5-3-1-2-4-7-5;;;/h2*1-9,12,16H,10H2,(H,14,15);1-5,8H,6H2;1-4H,(H2,6,7);1-4H,(H-,6,7);;;1H2/q;;;;-1;2*+1;-1/t2*12-;8-;;;;;/m111...../s1. The number of epoxide rings is 1. The minimum absolute atomic E-state index is 0. The van der Waals surface area contributed by atoms with Gasteiger partial charge < -0.3 is 48.2 Å². The van der Waals surface area contributed by atoms with E-state index < -0.39 is 12.2 Å². The average Bonchev–Trinajstić information content (AvgIpc) is 4.12. The molecule has 4 aromatic heterocycles. The largest absolute Gasteiger partial charge is 1.00 e. The third kappa shape index (κ3) is 21.7. The molecule has 1 fully saturated rings. The van der Waals surface area contributed by atoms with Crippen LogP contribution in [-0.2, 0) is 4.74 Å². The average molecular weight is 766 g/mol. The number of nitrogens with zero attached hydrogens (tertiary/aromatic N) is 4. The van der Waals surface area contributed by atoms with Crippen molar-refractivity contribution < 1.29 is 52.7 Å². The number of hydrogen-bond acceptors (Lipinski definition) is 10. The van der Waals surface area contributed by atoms with Crippen molar-refractivity contribution in [3.63, 3.8) is 0 Å². The fraction of sp³-hybridized carbons (Fsp3) is 0.136. The van der Waals surface area contributed by atoms with E-state index in [9.17, 15) is 10.2 Å². The van der Waals surface area contributed by atoms with Crippen molar-refractivity contribution in [1.29, 1.82) is 0 Å². The molecule has 3 atom stereocenters. The van der Waals surface area contributed by atoms with Gasteiger partial charge in [0.15, 0.2) is 0 Å². The van der Waals surface area contributed by atoms with Gasteiger partial charge in [0.2, 0.25) is 0 Å². The molecule has 8 rings (SSSR count). The summed E-state index contributed by atoms with van der Waals surface area (Å²) in [7, 11) is 0. The third-order valence-corrected chi connectivity index (χ3v) is 7.51. The summed E-state index contributed by atoms with van der Waals surface area (Å²) in [6.45, 7) is 1.83. The molecule has 0 amide bonds. The molecule has 7 aromatic rings. The summed E-state index contributed by atoms with van der Waals surface area (Å²) in [5.74, 6) is 2.44. The molecule has 1 aliphatic rings. The van der Waals surface area contributed by atoms with Crippen LogP contribution in [0.3, 0.4) is 0 Å². The fourth-order valence-electron chi connectivity index (χ4n) is 4.57. The molecule has 290 valence electrons. The molecule has 14 heteroatoms. The zero-order chi connectivity index (χ0) is 38.8. The van der Waals surface area contributed by atoms with Crippen LogP contribution in [0.1, 0.15) is 35.0 Å². The summed E-state index contributed by atoms with van der Waals surface area (Å²) >= 11 is 0. The molecule has 0 unspecified atom stereocenters. The van der Waals surface area contributed by atoms with E-state index in [0.717, 1.165) is 29.4 Å². The number of aliphatic hydroxyl groups excluding tert-OH is 2. The van der Waals surface area contributed by atoms with E-state index in [-0.39, 0.29) is 43.9 Å². The third-order valence-electron chi connectivity index (χ3n) is 7.51. The molecule has 9 N–H and O–H groups in total. The number of anilines is 3. The smallest absolute Gasteiger partial charge is 0.693 e. The molecule has 12 nitrogen and oxygen atoms in total. The van der Waals surface area contributed by atoms with E-state index in [1.54, 1.807) is 49.1 Å². The molecule has 5 heterocycles. The Morgan fingerprint density at radius 2 is 0.931 bits per heavy atom. The Labute approximate surface area is 365 Å². The minimum Gasteiger partial charge on any atom is -0.693 e. The van der Waals surface area contributed by atoms with Crippen LogP contribution in [0.4, 0.5) is 23.3 Å². The monoisotopic (exact) mass is 765 g/mol. The van der Waals surface area contributed by atoms with Gasteiger partial charge in [0.25, 0.3) is 0 Å². The first-order valence-corrected chi connectivity index (χ1v) is 17.7. The van der Waals surface area contributed by atoms with E-state index in [1.165, 1.54) is 5.56 Å². The zero-order valence-corrected chi connectivity index (χ0v) is 33.0. The molecule has 1 saturated heterocycles. The number of rotatable bonds is 9. The summed E-state index contributed by atoms with van der Waals surface area (Å²) in [6, 6.07) is 51.4. The van der Waals surface area contributed by atoms with Gasteiger partial charge in [0.05, 0.1) is 18.8 Å². The van der Waals surface area contributed by atoms with Gasteiger partial charge in [-0.3, -0.25) is 0 Å². The second-order valence-electron chi connectivity index (χ2n) is 11.7. The van der Waals surface area contributed by atoms with E-state index in [0.29, 0.717) is 30.8 Å². The SMILES string of the molecule is Nc1ccccn1.O[C@H](CNc1ccccn1)c1ccccc1.O[C@H](CNc1ccccn1)c1ccccc1.[Li+].[Li+].[NH-]c1ccccn1.[NH2-].c1ccc([C@H]2CO2)cc1. The maximum Gasteiger partial charge on any atom is 1.00 e. The van der Waals surface area contributed by atoms with Crippen molar-refractivity contribution in [2.75, 3.05) is 36.1 Å². The predicted molar refractivity (Wildman–Crippen MR) is 226 cm³/mol. The number of nitrogens with one attached hydrogen (secondary N) is 3. The van der Waals surface area contributed by atoms with Crippen molar-refractivity contribution >= 4 is 23.3 Å². The first kappa shape index (κ1) is 50.5. The van der Waals surface area contributed by atoms with Crippen LogP contribution in [0.25, 0.3) is 11.9 Å². The van der Waals surface area contributed by atoms with Crippen LogP contribution in [0.2, 0.25) is 0 Å². The minimum atomic E-state index is -0.511. The number of hydrogen-bond donors (Lipinski definition) is 5. The van der Waals surface area contributed by atoms with E-state index >= 15 is 0 Å². The summed E-state index contributed by atoms with van der Waals surface area (Å²) in [5, 5.41) is 25.9. The van der Waals surface area contributed by atoms with Crippen LogP contribution < -0.4 is 54.1 Å². The molecule has 0 aliphatic carbocycles. The number of nitrogen functional groups attached to an aromatic ring is 1. The molecule has 0 bridgehead atoms. The maximum atomic E-state index is 9.89. The normalized spacial score (nSPS) is 12.4. The van der Waals surface area contributed by atoms with Crippen molar-refractivity contribution in [3.05, 3.63) is 217 Å². The van der Waals surface area contributed by atoms with Gasteiger partial charge in [-0.15, -0.1) is 0 Å². The molecule has 0 spiro atoms. The summed E-state index contributed by atoms with van der Waals surface area (Å²) in [5.41, 5.74) is 15.3. The van der Waals surface area contributed by atoms with Gasteiger partial charge in [-0.25, -0.2) is 15.0 Å². The maximum absolute atomic E-state index is 9.89. The summed E-state index contributed by atoms with van der Waals surface area (Å²) in [6.07, 6.45) is 6.09. The van der Waals surface area contributed by atoms with Crippen LogP contribution >= 0.6 is 0 Å². The topological polar surface area (TPSA) is 212 Å². The van der Waals surface area contributed by atoms with Crippen molar-refractivity contribution in [1.82, 2.24) is 19.9 Å². The van der Waals surface area contributed by atoms with E-state index in [4.69, 9.17) is 16.2 Å². The van der Waals surface area contributed by atoms with Crippen molar-refractivity contribution in [3.8, 4) is 0 Å². The van der Waals surface area contributed by atoms with Gasteiger partial charge in [-0.05, 0) is 53.1 Å². The predicted octanol–water partition coefficient (Wildman–Crippen LogP) is 3.37. The van der Waals surface area contributed by atoms with Crippen LogP contribution in [0, 0.1) is 0 Å². The second kappa shape index (κ2) is 30.6. The van der Waals surface area contributed by atoms with Gasteiger partial charge in [0, 0.05) is 31.7 Å². The Balaban J connectivity index is 0.000000374. The van der Waals surface area contributed by atoms with E-state index in [2.05, 4.69) is 42.7 Å². The molecule has 0 saturated carbocycles. The first-order chi connectivity index (χ1) is 27.0. The van der Waals surface area contributed by atoms with E-state index in [1.807, 2.05) is 127 Å². The Hall–Kier alpha value is -5.51. The second-order valence-corrected chi connectivity index (χ2v) is 11.7. The molecule has 58 heavy (non-hydrogen) atoms. The van der Waals surface area contributed by atoms with Crippen LogP contribution in [-0.4, -0.2) is 49.8 Å². The zero-order valence-electron chi connectivity index (χ0n) is 33.0. The number of nitrogens with two attached hydrogens (primary N) is 2. The van der Waals surface area contributed by atoms with Gasteiger partial charge in [0.1, 0.15) is 23.6 Å². The first-order valence-electron chi connectivity index (χ1n) is 17.7. The Bertz CT molecular complexity index is 1840. The number of benzene rings is 3. The molecule has 1 aliphatic heterocycles. The number of ether oxygens (including phenoxy) is 1. The van der Waals surface area contributed by atoms with Crippen LogP contribution in [0.15, 0.2) is 189 Å².